The van der Waals surface area contributed by atoms with E-state index in [1.54, 1.807) is 6.07 Å². The fourth-order valence-electron chi connectivity index (χ4n) is 2.48. The monoisotopic (exact) mass is 404 g/mol. The Labute approximate surface area is 168 Å². The first kappa shape index (κ1) is 22.0. The van der Waals surface area contributed by atoms with Gasteiger partial charge in [0.2, 0.25) is 0 Å². The van der Waals surface area contributed by atoms with Gasteiger partial charge in [-0.05, 0) is 43.2 Å². The van der Waals surface area contributed by atoms with Crippen LogP contribution in [0.25, 0.3) is 0 Å². The molecule has 0 aliphatic carbocycles. The van der Waals surface area contributed by atoms with Gasteiger partial charge < -0.3 is 24.6 Å². The van der Waals surface area contributed by atoms with E-state index in [1.165, 1.54) is 37.4 Å². The van der Waals surface area contributed by atoms with E-state index >= 15 is 0 Å². The molecular weight excluding hydrogens is 380 g/mol. The zero-order valence-corrected chi connectivity index (χ0v) is 16.1. The number of aldehydes is 1. The number of hydrogen-bond donors (Lipinski definition) is 2. The van der Waals surface area contributed by atoms with Crippen molar-refractivity contribution in [3.05, 3.63) is 42.0 Å². The number of rotatable bonds is 12. The third kappa shape index (κ3) is 7.34. The number of phenolic OH excluding ortho intramolecular Hbond substituents is 2. The zero-order valence-electron chi connectivity index (χ0n) is 16.1. The topological polar surface area (TPSA) is 112 Å². The lowest BCUT2D eigenvalue weighted by Gasteiger charge is -2.08. The Balaban J connectivity index is 1.55. The Kier molecular flexibility index (Phi) is 8.78. The van der Waals surface area contributed by atoms with E-state index in [2.05, 4.69) is 0 Å². The first-order valence-corrected chi connectivity index (χ1v) is 9.19. The molecule has 0 aliphatic rings. The third-order valence-corrected chi connectivity index (χ3v) is 4.02. The molecule has 0 unspecified atom stereocenters. The average Bonchev–Trinajstić information content (AvgIpc) is 2.72. The van der Waals surface area contributed by atoms with Gasteiger partial charge in [-0.25, -0.2) is 0 Å². The largest absolute Gasteiger partial charge is 0.507 e. The first-order chi connectivity index (χ1) is 14.0. The minimum Gasteiger partial charge on any atom is -0.507 e. The molecule has 0 saturated heterocycles. The highest BCUT2D eigenvalue weighted by Gasteiger charge is 2.08. The van der Waals surface area contributed by atoms with Crippen molar-refractivity contribution in [1.29, 1.82) is 0 Å². The van der Waals surface area contributed by atoms with Gasteiger partial charge in [0.15, 0.2) is 23.5 Å². The van der Waals surface area contributed by atoms with Gasteiger partial charge in [-0.15, -0.1) is 0 Å². The van der Waals surface area contributed by atoms with Crippen molar-refractivity contribution in [2.75, 3.05) is 13.7 Å². The van der Waals surface area contributed by atoms with Crippen LogP contribution in [0.5, 0.6) is 28.7 Å². The predicted molar refractivity (Wildman–Crippen MR) is 103 cm³/mol. The van der Waals surface area contributed by atoms with E-state index in [4.69, 9.17) is 19.2 Å². The molecule has 2 aromatic rings. The number of hydrogen-bond acceptors (Lipinski definition) is 8. The van der Waals surface area contributed by atoms with E-state index < -0.39 is 5.97 Å². The predicted octanol–water partition coefficient (Wildman–Crippen LogP) is 3.79. The zero-order chi connectivity index (χ0) is 21.1. The summed E-state index contributed by atoms with van der Waals surface area (Å²) in [6, 6.07) is 8.60. The highest BCUT2D eigenvalue weighted by atomic mass is 17.2. The smallest absolute Gasteiger partial charge is 0.311 e. The average molecular weight is 404 g/mol. The molecule has 2 aromatic carbocycles. The number of esters is 1. The Bertz CT molecular complexity index is 818. The Morgan fingerprint density at radius 1 is 0.966 bits per heavy atom. The van der Waals surface area contributed by atoms with Gasteiger partial charge in [-0.2, -0.15) is 4.89 Å². The summed E-state index contributed by atoms with van der Waals surface area (Å²) in [5.74, 6) is 0.422. The number of aromatic hydroxyl groups is 2. The van der Waals surface area contributed by atoms with Crippen LogP contribution in [0.2, 0.25) is 0 Å². The molecular formula is C21H24O8. The SMILES string of the molecule is COc1cc(OOCCCCCCC(=O)Oc2ccc(O)c(C=O)c2)ccc1O. The van der Waals surface area contributed by atoms with Crippen LogP contribution in [0.3, 0.4) is 0 Å². The van der Waals surface area contributed by atoms with Gasteiger partial charge in [-0.3, -0.25) is 9.59 Å². The summed E-state index contributed by atoms with van der Waals surface area (Å²) >= 11 is 0. The Morgan fingerprint density at radius 2 is 1.69 bits per heavy atom. The highest BCUT2D eigenvalue weighted by molar-refractivity contribution is 5.80. The second kappa shape index (κ2) is 11.6. The van der Waals surface area contributed by atoms with Crippen molar-refractivity contribution >= 4 is 12.3 Å². The van der Waals surface area contributed by atoms with E-state index in [0.717, 1.165) is 19.3 Å². The third-order valence-electron chi connectivity index (χ3n) is 4.02. The van der Waals surface area contributed by atoms with E-state index in [0.29, 0.717) is 30.8 Å². The Morgan fingerprint density at radius 3 is 2.45 bits per heavy atom. The molecule has 8 heteroatoms. The molecule has 0 spiro atoms. The lowest BCUT2D eigenvalue weighted by atomic mass is 10.1. The fourth-order valence-corrected chi connectivity index (χ4v) is 2.48. The number of ether oxygens (including phenoxy) is 2. The molecule has 156 valence electrons. The van der Waals surface area contributed by atoms with Crippen LogP contribution in [0.1, 0.15) is 42.5 Å². The summed E-state index contributed by atoms with van der Waals surface area (Å²) < 4.78 is 10.1. The molecule has 0 fully saturated rings. The maximum Gasteiger partial charge on any atom is 0.311 e. The molecule has 0 saturated carbocycles. The van der Waals surface area contributed by atoms with E-state index in [1.807, 2.05) is 0 Å². The number of benzene rings is 2. The standard InChI is InChI=1S/C21H24O8/c1-26-20-13-17(8-10-19(20)24)29-27-11-5-3-2-4-6-21(25)28-16-7-9-18(23)15(12-16)14-22/h7-10,12-14,23-24H,2-6,11H2,1H3. The van der Waals surface area contributed by atoms with Gasteiger partial charge in [-0.1, -0.05) is 12.8 Å². The van der Waals surface area contributed by atoms with E-state index in [9.17, 15) is 19.8 Å². The van der Waals surface area contributed by atoms with E-state index in [-0.39, 0.29) is 29.2 Å². The van der Waals surface area contributed by atoms with Gasteiger partial charge in [0.1, 0.15) is 11.5 Å². The Hall–Kier alpha value is -3.26. The summed E-state index contributed by atoms with van der Waals surface area (Å²) in [5.41, 5.74) is 0.0725. The van der Waals surface area contributed by atoms with Gasteiger partial charge in [0.25, 0.3) is 0 Å². The second-order valence-corrected chi connectivity index (χ2v) is 6.22. The van der Waals surface area contributed by atoms with Crippen LogP contribution in [-0.4, -0.2) is 36.2 Å². The van der Waals surface area contributed by atoms with Crippen LogP contribution in [0, 0.1) is 0 Å². The molecule has 0 atom stereocenters. The van der Waals surface area contributed by atoms with Crippen molar-refractivity contribution in [3.8, 4) is 28.7 Å². The molecule has 0 heterocycles. The highest BCUT2D eigenvalue weighted by Crippen LogP contribution is 2.29. The second-order valence-electron chi connectivity index (χ2n) is 6.22. The molecule has 0 radical (unpaired) electrons. The summed E-state index contributed by atoms with van der Waals surface area (Å²) in [7, 11) is 1.45. The first-order valence-electron chi connectivity index (χ1n) is 9.19. The van der Waals surface area contributed by atoms with Crippen LogP contribution in [0.15, 0.2) is 36.4 Å². The normalized spacial score (nSPS) is 10.4. The summed E-state index contributed by atoms with van der Waals surface area (Å²) in [6.07, 6.45) is 3.83. The van der Waals surface area contributed by atoms with Crippen molar-refractivity contribution in [2.24, 2.45) is 0 Å². The molecule has 0 amide bonds. The number of methoxy groups -OCH3 is 1. The molecule has 29 heavy (non-hydrogen) atoms. The number of unbranched alkanes of at least 4 members (excludes halogenated alkanes) is 3. The maximum atomic E-state index is 11.8. The van der Waals surface area contributed by atoms with Crippen LogP contribution in [0.4, 0.5) is 0 Å². The van der Waals surface area contributed by atoms with Crippen LogP contribution < -0.4 is 14.4 Å². The van der Waals surface area contributed by atoms with Crippen molar-refractivity contribution < 1.29 is 39.1 Å². The molecule has 2 N–H and O–H groups in total. The molecule has 0 aliphatic heterocycles. The lowest BCUT2D eigenvalue weighted by Crippen LogP contribution is -2.07. The lowest BCUT2D eigenvalue weighted by molar-refractivity contribution is -0.207. The maximum absolute atomic E-state index is 11.8. The molecule has 0 bridgehead atoms. The molecule has 2 rings (SSSR count). The summed E-state index contributed by atoms with van der Waals surface area (Å²) in [5, 5.41) is 18.9. The van der Waals surface area contributed by atoms with Gasteiger partial charge in [0.05, 0.1) is 19.3 Å². The van der Waals surface area contributed by atoms with Crippen molar-refractivity contribution in [2.45, 2.75) is 32.1 Å². The quantitative estimate of drug-likeness (QED) is 0.137. The summed E-state index contributed by atoms with van der Waals surface area (Å²) in [6.45, 7) is 0.385. The number of carbonyl (C=O) groups is 2. The minimum atomic E-state index is -0.395. The van der Waals surface area contributed by atoms with Crippen LogP contribution in [-0.2, 0) is 9.68 Å². The van der Waals surface area contributed by atoms with Crippen LogP contribution >= 0.6 is 0 Å². The van der Waals surface area contributed by atoms with Crippen molar-refractivity contribution in [1.82, 2.24) is 0 Å². The molecule has 8 nitrogen and oxygen atoms in total. The summed E-state index contributed by atoms with van der Waals surface area (Å²) in [4.78, 5) is 32.8. The number of carbonyl (C=O) groups excluding carboxylic acids is 2. The minimum absolute atomic E-state index is 0.0213. The van der Waals surface area contributed by atoms with Crippen molar-refractivity contribution in [3.63, 3.8) is 0 Å². The fraction of sp³-hybridized carbons (Fsp3) is 0.333. The molecule has 0 aromatic heterocycles. The van der Waals surface area contributed by atoms with Gasteiger partial charge >= 0.3 is 5.97 Å². The number of phenols is 2. The van der Waals surface area contributed by atoms with Gasteiger partial charge in [0, 0.05) is 12.5 Å².